The summed E-state index contributed by atoms with van der Waals surface area (Å²) in [7, 11) is 0. The number of ether oxygens (including phenoxy) is 2. The molecule has 3 aliphatic rings. The molecule has 0 bridgehead atoms. The van der Waals surface area contributed by atoms with Gasteiger partial charge in [0, 0.05) is 18.5 Å². The van der Waals surface area contributed by atoms with E-state index in [1.807, 2.05) is 0 Å². The molecule has 37 heavy (non-hydrogen) atoms. The number of benzene rings is 1. The van der Waals surface area contributed by atoms with E-state index in [0.29, 0.717) is 11.1 Å². The fourth-order valence-electron chi connectivity index (χ4n) is 5.21. The Morgan fingerprint density at radius 3 is 2.41 bits per heavy atom. The number of nitrogens with one attached hydrogen (secondary N) is 1. The molecule has 3 amide bonds. The predicted molar refractivity (Wildman–Crippen MR) is 129 cm³/mol. The van der Waals surface area contributed by atoms with E-state index in [9.17, 15) is 28.7 Å². The molecule has 2 aliphatic heterocycles. The van der Waals surface area contributed by atoms with Crippen LogP contribution < -0.4 is 5.32 Å². The second-order valence-electron chi connectivity index (χ2n) is 11.1. The Kier molecular flexibility index (Phi) is 7.61. The molecule has 2 N–H and O–H groups in total. The lowest BCUT2D eigenvalue weighted by Gasteiger charge is -2.34. The van der Waals surface area contributed by atoms with Crippen LogP contribution >= 0.6 is 0 Å². The maximum Gasteiger partial charge on any atom is 0.410 e. The van der Waals surface area contributed by atoms with Crippen LogP contribution in [0.1, 0.15) is 64.0 Å². The number of hydrogen-bond acceptors (Lipinski definition) is 6. The molecular formula is C26H34FN3O7. The normalized spacial score (nSPS) is 22.5. The Bertz CT molecular complexity index is 1070. The Morgan fingerprint density at radius 2 is 1.78 bits per heavy atom. The standard InChI is InChI=1S/C26H34FN3O7/c1-26(2,3)21(28-24(34)36-16-8-4-5-9-16)22(31)30-13-17(11-20(30)23(32)33)37-25(35)29-12-15-7-6-10-19(27)18(15)14-29/h6-7,10,16-17,20-21H,4-5,8-9,11-14H2,1-3H3,(H,28,34)(H,32,33)/t17-,20?,21?/m1/s1. The molecular weight excluding hydrogens is 485 g/mol. The number of halogens is 1. The number of alkyl carbamates (subject to hydrolysis) is 1. The van der Waals surface area contributed by atoms with E-state index in [-0.39, 0.29) is 32.2 Å². The molecule has 2 heterocycles. The molecule has 0 spiro atoms. The van der Waals surface area contributed by atoms with Crippen molar-refractivity contribution in [3.8, 4) is 0 Å². The summed E-state index contributed by atoms with van der Waals surface area (Å²) < 4.78 is 25.1. The van der Waals surface area contributed by atoms with Crippen LogP contribution in [0, 0.1) is 11.2 Å². The number of hydrogen-bond donors (Lipinski definition) is 2. The van der Waals surface area contributed by atoms with Gasteiger partial charge in [-0.1, -0.05) is 32.9 Å². The first kappa shape index (κ1) is 26.7. The lowest BCUT2D eigenvalue weighted by molar-refractivity contribution is -0.150. The predicted octanol–water partition coefficient (Wildman–Crippen LogP) is 3.42. The molecule has 11 heteroatoms. The van der Waals surface area contributed by atoms with Gasteiger partial charge in [0.1, 0.15) is 30.1 Å². The van der Waals surface area contributed by atoms with Crippen LogP contribution in [0.15, 0.2) is 18.2 Å². The van der Waals surface area contributed by atoms with Crippen LogP contribution in [-0.2, 0) is 32.2 Å². The first-order chi connectivity index (χ1) is 17.4. The van der Waals surface area contributed by atoms with Crippen molar-refractivity contribution in [2.24, 2.45) is 5.41 Å². The van der Waals surface area contributed by atoms with Gasteiger partial charge in [-0.25, -0.2) is 18.8 Å². The van der Waals surface area contributed by atoms with Gasteiger partial charge in [0.05, 0.1) is 13.1 Å². The molecule has 1 aromatic rings. The van der Waals surface area contributed by atoms with E-state index in [2.05, 4.69) is 5.32 Å². The van der Waals surface area contributed by atoms with E-state index in [1.165, 1.54) is 11.0 Å². The zero-order valence-electron chi connectivity index (χ0n) is 21.4. The molecule has 0 radical (unpaired) electrons. The highest BCUT2D eigenvalue weighted by atomic mass is 19.1. The fraction of sp³-hybridized carbons (Fsp3) is 0.615. The largest absolute Gasteiger partial charge is 0.480 e. The topological polar surface area (TPSA) is 125 Å². The summed E-state index contributed by atoms with van der Waals surface area (Å²) in [5.74, 6) is -2.22. The summed E-state index contributed by atoms with van der Waals surface area (Å²) in [6.07, 6.45) is 0.941. The van der Waals surface area contributed by atoms with Crippen molar-refractivity contribution >= 4 is 24.1 Å². The van der Waals surface area contributed by atoms with Gasteiger partial charge < -0.3 is 24.8 Å². The van der Waals surface area contributed by atoms with E-state index < -0.39 is 53.5 Å². The Hall–Kier alpha value is -3.37. The number of carboxylic acids is 1. The minimum absolute atomic E-state index is 0.0533. The first-order valence-corrected chi connectivity index (χ1v) is 12.7. The third kappa shape index (κ3) is 5.97. The molecule has 0 aromatic heterocycles. The maximum atomic E-state index is 14.1. The van der Waals surface area contributed by atoms with Gasteiger partial charge in [-0.05, 0) is 42.7 Å². The van der Waals surface area contributed by atoms with Crippen molar-refractivity contribution < 1.29 is 38.1 Å². The average Bonchev–Trinajstić information content (AvgIpc) is 3.56. The van der Waals surface area contributed by atoms with Gasteiger partial charge in [0.2, 0.25) is 5.91 Å². The number of amides is 3. The van der Waals surface area contributed by atoms with Gasteiger partial charge in [-0.2, -0.15) is 0 Å². The highest BCUT2D eigenvalue weighted by molar-refractivity contribution is 5.90. The number of aliphatic carboxylic acids is 1. The molecule has 1 aliphatic carbocycles. The SMILES string of the molecule is CC(C)(C)C(NC(=O)OC1CCCC1)C(=O)N1C[C@H](OC(=O)N2Cc3cccc(F)c3C2)CC1C(=O)O. The van der Waals surface area contributed by atoms with Gasteiger partial charge in [0.15, 0.2) is 0 Å². The van der Waals surface area contributed by atoms with Crippen LogP contribution in [0.5, 0.6) is 0 Å². The first-order valence-electron chi connectivity index (χ1n) is 12.7. The van der Waals surface area contributed by atoms with E-state index in [4.69, 9.17) is 9.47 Å². The monoisotopic (exact) mass is 519 g/mol. The van der Waals surface area contributed by atoms with Crippen molar-refractivity contribution in [1.82, 2.24) is 15.1 Å². The Labute approximate surface area is 215 Å². The fourth-order valence-corrected chi connectivity index (χ4v) is 5.21. The molecule has 2 fully saturated rings. The van der Waals surface area contributed by atoms with E-state index >= 15 is 0 Å². The van der Waals surface area contributed by atoms with Crippen LogP contribution in [0.4, 0.5) is 14.0 Å². The average molecular weight is 520 g/mol. The number of likely N-dealkylation sites (tertiary alicyclic amines) is 1. The van der Waals surface area contributed by atoms with Crippen molar-refractivity contribution in [2.45, 2.75) is 90.3 Å². The molecule has 1 saturated heterocycles. The molecule has 202 valence electrons. The molecule has 10 nitrogen and oxygen atoms in total. The molecule has 4 rings (SSSR count). The van der Waals surface area contributed by atoms with Gasteiger partial charge >= 0.3 is 18.2 Å². The van der Waals surface area contributed by atoms with Gasteiger partial charge in [0.25, 0.3) is 0 Å². The lowest BCUT2D eigenvalue weighted by atomic mass is 9.85. The Morgan fingerprint density at radius 1 is 1.08 bits per heavy atom. The highest BCUT2D eigenvalue weighted by Crippen LogP contribution is 2.30. The van der Waals surface area contributed by atoms with Crippen molar-refractivity contribution in [1.29, 1.82) is 0 Å². The van der Waals surface area contributed by atoms with Gasteiger partial charge in [-0.15, -0.1) is 0 Å². The zero-order valence-corrected chi connectivity index (χ0v) is 21.4. The number of carboxylic acid groups (broad SMARTS) is 1. The third-order valence-corrected chi connectivity index (χ3v) is 7.23. The Balaban J connectivity index is 1.42. The van der Waals surface area contributed by atoms with Crippen LogP contribution in [0.3, 0.4) is 0 Å². The molecule has 3 atom stereocenters. The minimum Gasteiger partial charge on any atom is -0.480 e. The third-order valence-electron chi connectivity index (χ3n) is 7.23. The number of nitrogens with zero attached hydrogens (tertiary/aromatic N) is 2. The second-order valence-corrected chi connectivity index (χ2v) is 11.1. The smallest absolute Gasteiger partial charge is 0.410 e. The van der Waals surface area contributed by atoms with Gasteiger partial charge in [-0.3, -0.25) is 9.69 Å². The van der Waals surface area contributed by atoms with Crippen LogP contribution in [-0.4, -0.2) is 69.8 Å². The van der Waals surface area contributed by atoms with E-state index in [1.54, 1.807) is 32.9 Å². The number of carbonyl (C=O) groups is 4. The van der Waals surface area contributed by atoms with Crippen molar-refractivity contribution in [2.75, 3.05) is 6.54 Å². The summed E-state index contributed by atoms with van der Waals surface area (Å²) in [5.41, 5.74) is 0.372. The number of carbonyl (C=O) groups excluding carboxylic acids is 3. The molecule has 1 aromatic carbocycles. The second kappa shape index (κ2) is 10.5. The minimum atomic E-state index is -1.23. The quantitative estimate of drug-likeness (QED) is 0.611. The highest BCUT2D eigenvalue weighted by Gasteiger charge is 2.47. The van der Waals surface area contributed by atoms with E-state index in [0.717, 1.165) is 30.6 Å². The lowest BCUT2D eigenvalue weighted by Crippen LogP contribution is -2.57. The maximum absolute atomic E-state index is 14.1. The number of fused-ring (bicyclic) bond motifs is 1. The van der Waals surface area contributed by atoms with Crippen molar-refractivity contribution in [3.05, 3.63) is 35.1 Å². The summed E-state index contributed by atoms with van der Waals surface area (Å²) in [6, 6.07) is 2.36. The van der Waals surface area contributed by atoms with Crippen LogP contribution in [0.25, 0.3) is 0 Å². The summed E-state index contributed by atoms with van der Waals surface area (Å²) >= 11 is 0. The summed E-state index contributed by atoms with van der Waals surface area (Å²) in [4.78, 5) is 53.4. The van der Waals surface area contributed by atoms with Crippen LogP contribution in [0.2, 0.25) is 0 Å². The number of rotatable bonds is 5. The van der Waals surface area contributed by atoms with Crippen molar-refractivity contribution in [3.63, 3.8) is 0 Å². The molecule has 1 saturated carbocycles. The summed E-state index contributed by atoms with van der Waals surface area (Å²) in [6.45, 7) is 5.39. The summed E-state index contributed by atoms with van der Waals surface area (Å²) in [5, 5.41) is 12.4. The zero-order chi connectivity index (χ0) is 26.9. The molecule has 2 unspecified atom stereocenters.